The van der Waals surface area contributed by atoms with Gasteiger partial charge in [-0.25, -0.2) is 0 Å². The number of nitrogens with two attached hydrogens (primary N) is 1. The number of nitrogens with zero attached hydrogens (tertiary/aromatic N) is 1. The van der Waals surface area contributed by atoms with Crippen LogP contribution in [0.2, 0.25) is 0 Å². The smallest absolute Gasteiger partial charge is 0.229 e. The van der Waals surface area contributed by atoms with Crippen LogP contribution in [-0.4, -0.2) is 15.4 Å². The van der Waals surface area contributed by atoms with Gasteiger partial charge < -0.3 is 20.5 Å². The molecule has 0 fully saturated rings. The molecule has 1 aromatic carbocycles. The lowest BCUT2D eigenvalue weighted by atomic mass is 10.0. The molecule has 4 N–H and O–H groups in total. The van der Waals surface area contributed by atoms with Crippen LogP contribution in [0.1, 0.15) is 5.56 Å². The summed E-state index contributed by atoms with van der Waals surface area (Å²) in [5.41, 5.74) is 7.34. The van der Waals surface area contributed by atoms with Gasteiger partial charge in [-0.15, -0.1) is 0 Å². The monoisotopic (exact) mass is 206 g/mol. The highest BCUT2D eigenvalue weighted by atomic mass is 16.5. The third kappa shape index (κ3) is 1.48. The molecule has 5 nitrogen and oxygen atoms in total. The van der Waals surface area contributed by atoms with Gasteiger partial charge in [-0.1, -0.05) is 5.16 Å². The third-order valence-electron chi connectivity index (χ3n) is 2.19. The van der Waals surface area contributed by atoms with Crippen LogP contribution in [0.4, 0.5) is 5.88 Å². The number of phenols is 2. The topological polar surface area (TPSA) is 92.5 Å². The molecular weight excluding hydrogens is 196 g/mol. The van der Waals surface area contributed by atoms with Gasteiger partial charge in [0.25, 0.3) is 0 Å². The van der Waals surface area contributed by atoms with Gasteiger partial charge in [0, 0.05) is 0 Å². The molecule has 0 bridgehead atoms. The fourth-order valence-corrected chi connectivity index (χ4v) is 1.38. The Morgan fingerprint density at radius 2 is 2.07 bits per heavy atom. The Morgan fingerprint density at radius 1 is 1.33 bits per heavy atom. The normalized spacial score (nSPS) is 10.5. The molecule has 0 aliphatic heterocycles. The molecule has 0 saturated carbocycles. The zero-order valence-electron chi connectivity index (χ0n) is 8.06. The zero-order chi connectivity index (χ0) is 11.0. The average molecular weight is 206 g/mol. The van der Waals surface area contributed by atoms with Crippen molar-refractivity contribution < 1.29 is 14.7 Å². The van der Waals surface area contributed by atoms with E-state index >= 15 is 0 Å². The van der Waals surface area contributed by atoms with Crippen LogP contribution >= 0.6 is 0 Å². The Labute approximate surface area is 85.7 Å². The molecule has 2 rings (SSSR count). The average Bonchev–Trinajstić information content (AvgIpc) is 2.60. The van der Waals surface area contributed by atoms with Gasteiger partial charge in [-0.2, -0.15) is 0 Å². The first kappa shape index (κ1) is 9.39. The number of benzene rings is 1. The van der Waals surface area contributed by atoms with Crippen LogP contribution in [0, 0.1) is 6.92 Å². The fraction of sp³-hybridized carbons (Fsp3) is 0.100. The summed E-state index contributed by atoms with van der Waals surface area (Å²) in [5, 5.41) is 22.3. The number of aromatic hydroxyl groups is 2. The van der Waals surface area contributed by atoms with Gasteiger partial charge in [-0.3, -0.25) is 0 Å². The van der Waals surface area contributed by atoms with E-state index in [4.69, 9.17) is 10.3 Å². The minimum absolute atomic E-state index is 0.131. The van der Waals surface area contributed by atoms with E-state index in [-0.39, 0.29) is 17.4 Å². The Kier molecular flexibility index (Phi) is 2.00. The number of hydrogen-bond donors (Lipinski definition) is 3. The summed E-state index contributed by atoms with van der Waals surface area (Å²) >= 11 is 0. The minimum atomic E-state index is -0.189. The van der Waals surface area contributed by atoms with Gasteiger partial charge in [0.2, 0.25) is 5.88 Å². The lowest BCUT2D eigenvalue weighted by molar-refractivity contribution is 0.401. The molecule has 5 heteroatoms. The van der Waals surface area contributed by atoms with Crippen molar-refractivity contribution in [1.82, 2.24) is 5.16 Å². The lowest BCUT2D eigenvalue weighted by Crippen LogP contribution is -1.86. The highest BCUT2D eigenvalue weighted by Crippen LogP contribution is 2.35. The quantitative estimate of drug-likeness (QED) is 0.617. The fourth-order valence-electron chi connectivity index (χ4n) is 1.38. The SMILES string of the molecule is Cc1cc(-c2cnoc2N)cc(O)c1O. The predicted octanol–water partition coefficient (Wildman–Crippen LogP) is 1.64. The van der Waals surface area contributed by atoms with Crippen LogP contribution in [-0.2, 0) is 0 Å². The van der Waals surface area contributed by atoms with E-state index in [0.29, 0.717) is 16.7 Å². The summed E-state index contributed by atoms with van der Waals surface area (Å²) in [6, 6.07) is 3.10. The largest absolute Gasteiger partial charge is 0.504 e. The summed E-state index contributed by atoms with van der Waals surface area (Å²) in [5.74, 6) is -0.140. The Balaban J connectivity index is 2.60. The van der Waals surface area contributed by atoms with Gasteiger partial charge in [0.1, 0.15) is 0 Å². The van der Waals surface area contributed by atoms with E-state index < -0.39 is 0 Å². The Morgan fingerprint density at radius 3 is 2.60 bits per heavy atom. The summed E-state index contributed by atoms with van der Waals surface area (Å²) in [6.07, 6.45) is 1.46. The van der Waals surface area contributed by atoms with E-state index in [1.165, 1.54) is 12.3 Å². The van der Waals surface area contributed by atoms with Crippen LogP contribution < -0.4 is 5.73 Å². The molecule has 15 heavy (non-hydrogen) atoms. The standard InChI is InChI=1S/C10H10N2O3/c1-5-2-6(3-8(13)9(5)14)7-4-12-15-10(7)11/h2-4,13-14H,11H2,1H3. The third-order valence-corrected chi connectivity index (χ3v) is 2.19. The van der Waals surface area contributed by atoms with E-state index in [2.05, 4.69) is 5.16 Å². The van der Waals surface area contributed by atoms with Crippen molar-refractivity contribution in [2.45, 2.75) is 6.92 Å². The first-order chi connectivity index (χ1) is 7.09. The van der Waals surface area contributed by atoms with E-state index in [1.807, 2.05) is 0 Å². The Bertz CT molecular complexity index is 482. The molecular formula is C10H10N2O3. The second kappa shape index (κ2) is 3.20. The molecule has 0 spiro atoms. The summed E-state index contributed by atoms with van der Waals surface area (Å²) in [4.78, 5) is 0. The molecule has 2 aromatic rings. The van der Waals surface area contributed by atoms with Gasteiger partial charge in [0.15, 0.2) is 11.5 Å². The Hall–Kier alpha value is -2.17. The van der Waals surface area contributed by atoms with Gasteiger partial charge in [0.05, 0.1) is 11.8 Å². The number of phenolic OH excluding ortho intramolecular Hbond substituents is 2. The second-order valence-electron chi connectivity index (χ2n) is 3.26. The molecule has 0 radical (unpaired) electrons. The van der Waals surface area contributed by atoms with E-state index in [0.717, 1.165) is 0 Å². The number of aromatic nitrogens is 1. The highest BCUT2D eigenvalue weighted by Gasteiger charge is 2.11. The minimum Gasteiger partial charge on any atom is -0.504 e. The summed E-state index contributed by atoms with van der Waals surface area (Å²) in [7, 11) is 0. The molecule has 0 amide bonds. The van der Waals surface area contributed by atoms with Crippen LogP contribution in [0.15, 0.2) is 22.9 Å². The zero-order valence-corrected chi connectivity index (χ0v) is 8.06. The molecule has 0 unspecified atom stereocenters. The number of nitrogen functional groups attached to an aromatic ring is 1. The number of anilines is 1. The van der Waals surface area contributed by atoms with Crippen molar-refractivity contribution in [2.75, 3.05) is 5.73 Å². The lowest BCUT2D eigenvalue weighted by Gasteiger charge is -2.05. The summed E-state index contributed by atoms with van der Waals surface area (Å²) < 4.78 is 4.71. The summed E-state index contributed by atoms with van der Waals surface area (Å²) in [6.45, 7) is 1.68. The first-order valence-electron chi connectivity index (χ1n) is 4.32. The van der Waals surface area contributed by atoms with E-state index in [9.17, 15) is 10.2 Å². The van der Waals surface area contributed by atoms with Gasteiger partial charge >= 0.3 is 0 Å². The maximum absolute atomic E-state index is 9.43. The van der Waals surface area contributed by atoms with Crippen molar-refractivity contribution in [3.63, 3.8) is 0 Å². The number of rotatable bonds is 1. The molecule has 78 valence electrons. The first-order valence-corrected chi connectivity index (χ1v) is 4.32. The van der Waals surface area contributed by atoms with Crippen LogP contribution in [0.3, 0.4) is 0 Å². The molecule has 0 aliphatic rings. The van der Waals surface area contributed by atoms with Gasteiger partial charge in [-0.05, 0) is 30.2 Å². The van der Waals surface area contributed by atoms with Crippen molar-refractivity contribution >= 4 is 5.88 Å². The molecule has 1 heterocycles. The van der Waals surface area contributed by atoms with Crippen molar-refractivity contribution in [1.29, 1.82) is 0 Å². The van der Waals surface area contributed by atoms with E-state index in [1.54, 1.807) is 13.0 Å². The molecule has 0 atom stereocenters. The number of hydrogen-bond acceptors (Lipinski definition) is 5. The maximum Gasteiger partial charge on any atom is 0.229 e. The van der Waals surface area contributed by atoms with Crippen molar-refractivity contribution in [2.24, 2.45) is 0 Å². The highest BCUT2D eigenvalue weighted by molar-refractivity contribution is 5.74. The molecule has 1 aromatic heterocycles. The predicted molar refractivity (Wildman–Crippen MR) is 54.4 cm³/mol. The number of aryl methyl sites for hydroxylation is 1. The maximum atomic E-state index is 9.43. The van der Waals surface area contributed by atoms with Crippen LogP contribution in [0.25, 0.3) is 11.1 Å². The molecule has 0 saturated heterocycles. The second-order valence-corrected chi connectivity index (χ2v) is 3.26. The van der Waals surface area contributed by atoms with Crippen LogP contribution in [0.5, 0.6) is 11.5 Å². The van der Waals surface area contributed by atoms with Crippen molar-refractivity contribution in [3.05, 3.63) is 23.9 Å². The molecule has 0 aliphatic carbocycles. The van der Waals surface area contributed by atoms with Crippen molar-refractivity contribution in [3.8, 4) is 22.6 Å².